The van der Waals surface area contributed by atoms with Crippen molar-refractivity contribution in [1.29, 1.82) is 0 Å². The predicted molar refractivity (Wildman–Crippen MR) is 73.1 cm³/mol. The highest BCUT2D eigenvalue weighted by Gasteiger charge is 2.72. The lowest BCUT2D eigenvalue weighted by Crippen LogP contribution is -2.54. The Kier molecular flexibility index (Phi) is 11.2. The summed E-state index contributed by atoms with van der Waals surface area (Å²) < 4.78 is 105. The lowest BCUT2D eigenvalue weighted by molar-refractivity contribution is -0.361. The fourth-order valence-electron chi connectivity index (χ4n) is 1.22. The molecule has 24 heavy (non-hydrogen) atoms. The van der Waals surface area contributed by atoms with E-state index in [0.717, 1.165) is 0 Å². The molecule has 0 rings (SSSR count). The molecular weight excluding hydrogens is 373 g/mol. The van der Waals surface area contributed by atoms with Gasteiger partial charge in [0.1, 0.15) is 6.61 Å². The minimum Gasteiger partial charge on any atom is -0.378 e. The molecule has 0 saturated carbocycles. The molecule has 0 saturated heterocycles. The first-order chi connectivity index (χ1) is 11.1. The third-order valence-electron chi connectivity index (χ3n) is 2.45. The monoisotopic (exact) mass is 392 g/mol. The van der Waals surface area contributed by atoms with Gasteiger partial charge in [0.05, 0.1) is 46.2 Å². The third-order valence-corrected chi connectivity index (χ3v) is 2.63. The second kappa shape index (κ2) is 11.3. The fourth-order valence-corrected chi connectivity index (χ4v) is 1.35. The average molecular weight is 392 g/mol. The Morgan fingerprint density at radius 3 is 1.33 bits per heavy atom. The van der Waals surface area contributed by atoms with E-state index >= 15 is 0 Å². The van der Waals surface area contributed by atoms with E-state index in [1.807, 2.05) is 0 Å². The van der Waals surface area contributed by atoms with Crippen molar-refractivity contribution in [3.05, 3.63) is 0 Å². The Bertz CT molecular complexity index is 329. The highest BCUT2D eigenvalue weighted by atomic mass is 32.1. The van der Waals surface area contributed by atoms with Crippen LogP contribution in [0.15, 0.2) is 0 Å². The lowest BCUT2D eigenvalue weighted by atomic mass is 10.2. The molecule has 0 aromatic carbocycles. The van der Waals surface area contributed by atoms with Gasteiger partial charge < -0.3 is 18.9 Å². The van der Waals surface area contributed by atoms with Crippen molar-refractivity contribution in [2.75, 3.05) is 58.6 Å². The van der Waals surface area contributed by atoms with Gasteiger partial charge in [0.2, 0.25) is 0 Å². The summed E-state index contributed by atoms with van der Waals surface area (Å²) in [6.45, 7) is -1.47. The molecule has 0 aliphatic heterocycles. The van der Waals surface area contributed by atoms with Crippen molar-refractivity contribution in [1.82, 2.24) is 0 Å². The summed E-state index contributed by atoms with van der Waals surface area (Å²) in [5.74, 6) is -10.9. The van der Waals surface area contributed by atoms with Crippen molar-refractivity contribution in [3.63, 3.8) is 0 Å². The van der Waals surface area contributed by atoms with Gasteiger partial charge in [-0.15, -0.1) is 0 Å². The van der Waals surface area contributed by atoms with Crippen LogP contribution in [-0.2, 0) is 18.9 Å². The maximum Gasteiger partial charge on any atom is 0.459 e. The van der Waals surface area contributed by atoms with E-state index in [-0.39, 0.29) is 19.8 Å². The number of alkyl halides is 7. The maximum atomic E-state index is 12.8. The van der Waals surface area contributed by atoms with Gasteiger partial charge in [0.15, 0.2) is 0 Å². The normalized spacial score (nSPS) is 13.5. The quantitative estimate of drug-likeness (QED) is 0.280. The zero-order chi connectivity index (χ0) is 18.7. The molecule has 0 N–H and O–H groups in total. The summed E-state index contributed by atoms with van der Waals surface area (Å²) in [5, 5.41) is 0. The van der Waals surface area contributed by atoms with Gasteiger partial charge in [0.25, 0.3) is 0 Å². The van der Waals surface area contributed by atoms with Crippen LogP contribution in [0.3, 0.4) is 0 Å². The number of ether oxygens (including phenoxy) is 4. The molecule has 0 amide bonds. The molecule has 0 atom stereocenters. The maximum absolute atomic E-state index is 12.8. The summed E-state index contributed by atoms with van der Waals surface area (Å²) in [6.07, 6.45) is -6.36. The Morgan fingerprint density at radius 1 is 0.583 bits per heavy atom. The molecule has 0 radical (unpaired) electrons. The Morgan fingerprint density at radius 2 is 0.958 bits per heavy atom. The molecule has 12 heteroatoms. The molecule has 0 aromatic rings. The number of thiol groups is 1. The minimum atomic E-state index is -6.36. The van der Waals surface area contributed by atoms with Crippen LogP contribution < -0.4 is 0 Å². The summed E-state index contributed by atoms with van der Waals surface area (Å²) in [5.41, 5.74) is 0. The largest absolute Gasteiger partial charge is 0.459 e. The third kappa shape index (κ3) is 8.70. The summed E-state index contributed by atoms with van der Waals surface area (Å²) in [6, 6.07) is 0. The van der Waals surface area contributed by atoms with Crippen molar-refractivity contribution in [2.45, 2.75) is 18.0 Å². The number of rotatable bonds is 14. The highest BCUT2D eigenvalue weighted by Crippen LogP contribution is 2.46. The van der Waals surface area contributed by atoms with E-state index in [9.17, 15) is 30.7 Å². The summed E-state index contributed by atoms with van der Waals surface area (Å²) in [4.78, 5) is 0. The topological polar surface area (TPSA) is 36.9 Å². The van der Waals surface area contributed by atoms with Crippen LogP contribution in [0.1, 0.15) is 0 Å². The number of hydrogen-bond donors (Lipinski definition) is 1. The van der Waals surface area contributed by atoms with Crippen LogP contribution in [0, 0.1) is 0 Å². The highest BCUT2D eigenvalue weighted by molar-refractivity contribution is 7.80. The van der Waals surface area contributed by atoms with E-state index in [0.29, 0.717) is 25.6 Å². The van der Waals surface area contributed by atoms with E-state index in [1.54, 1.807) is 0 Å². The van der Waals surface area contributed by atoms with E-state index in [1.165, 1.54) is 0 Å². The molecule has 0 heterocycles. The van der Waals surface area contributed by atoms with Crippen LogP contribution in [0.5, 0.6) is 0 Å². The molecule has 0 spiro atoms. The SMILES string of the molecule is FC(F)(F)C(F)(F)C(F)(F)COCCOCCOCCOCCS. The predicted octanol–water partition coefficient (Wildman–Crippen LogP) is 2.82. The second-order valence-electron chi connectivity index (χ2n) is 4.39. The summed E-state index contributed by atoms with van der Waals surface area (Å²) in [7, 11) is 0. The van der Waals surface area contributed by atoms with Crippen molar-refractivity contribution in [2.24, 2.45) is 0 Å². The Hall–Kier alpha value is -0.300. The Balaban J connectivity index is 3.66. The van der Waals surface area contributed by atoms with Crippen LogP contribution in [0.2, 0.25) is 0 Å². The molecule has 0 aliphatic carbocycles. The molecular formula is C12H19F7O4S. The second-order valence-corrected chi connectivity index (χ2v) is 4.84. The Labute approximate surface area is 140 Å². The first kappa shape index (κ1) is 23.7. The van der Waals surface area contributed by atoms with Gasteiger partial charge in [-0.2, -0.15) is 43.4 Å². The standard InChI is InChI=1S/C12H19F7O4S/c13-10(14,11(15,16)12(17,18)19)9-23-6-5-21-2-1-20-3-4-22-7-8-24/h24H,1-9H2. The number of hydrogen-bond acceptors (Lipinski definition) is 5. The number of halogens is 7. The van der Waals surface area contributed by atoms with E-state index in [2.05, 4.69) is 17.4 Å². The lowest BCUT2D eigenvalue weighted by Gasteiger charge is -2.27. The van der Waals surface area contributed by atoms with Crippen molar-refractivity contribution < 1.29 is 49.7 Å². The van der Waals surface area contributed by atoms with Gasteiger partial charge in [-0.25, -0.2) is 0 Å². The molecule has 0 aromatic heterocycles. The molecule has 4 nitrogen and oxygen atoms in total. The molecule has 0 bridgehead atoms. The first-order valence-electron chi connectivity index (χ1n) is 6.80. The molecule has 146 valence electrons. The van der Waals surface area contributed by atoms with Gasteiger partial charge in [-0.1, -0.05) is 0 Å². The van der Waals surface area contributed by atoms with Crippen LogP contribution in [-0.4, -0.2) is 76.6 Å². The average Bonchev–Trinajstić information content (AvgIpc) is 2.47. The van der Waals surface area contributed by atoms with E-state index < -0.39 is 31.2 Å². The minimum absolute atomic E-state index is 0.0744. The van der Waals surface area contributed by atoms with Gasteiger partial charge >= 0.3 is 18.0 Å². The first-order valence-corrected chi connectivity index (χ1v) is 7.43. The smallest absolute Gasteiger partial charge is 0.378 e. The molecule has 0 fully saturated rings. The zero-order valence-corrected chi connectivity index (χ0v) is 13.5. The zero-order valence-electron chi connectivity index (χ0n) is 12.6. The van der Waals surface area contributed by atoms with Crippen molar-refractivity contribution >= 4 is 12.6 Å². The van der Waals surface area contributed by atoms with Crippen molar-refractivity contribution in [3.8, 4) is 0 Å². The molecule has 0 unspecified atom stereocenters. The fraction of sp³-hybridized carbons (Fsp3) is 1.00. The van der Waals surface area contributed by atoms with E-state index in [4.69, 9.17) is 14.2 Å². The molecule has 0 aliphatic rings. The summed E-state index contributed by atoms with van der Waals surface area (Å²) >= 11 is 3.93. The van der Waals surface area contributed by atoms with Gasteiger partial charge in [0, 0.05) is 5.75 Å². The van der Waals surface area contributed by atoms with Crippen LogP contribution in [0.25, 0.3) is 0 Å². The van der Waals surface area contributed by atoms with Crippen LogP contribution in [0.4, 0.5) is 30.7 Å². The van der Waals surface area contributed by atoms with Gasteiger partial charge in [-0.3, -0.25) is 0 Å². The van der Waals surface area contributed by atoms with Crippen LogP contribution >= 0.6 is 12.6 Å². The van der Waals surface area contributed by atoms with Gasteiger partial charge in [-0.05, 0) is 0 Å².